The van der Waals surface area contributed by atoms with Crippen molar-refractivity contribution in [3.05, 3.63) is 0 Å². The van der Waals surface area contributed by atoms with E-state index in [9.17, 15) is 0 Å². The Morgan fingerprint density at radius 3 is 1.27 bits per heavy atom. The molecule has 2 fully saturated rings. The van der Waals surface area contributed by atoms with Crippen LogP contribution in [0.2, 0.25) is 0 Å². The van der Waals surface area contributed by atoms with Gasteiger partial charge in [-0.2, -0.15) is 0 Å². The Kier molecular flexibility index (Phi) is 11.5. The minimum absolute atomic E-state index is 0.237. The zero-order valence-electron chi connectivity index (χ0n) is 15.1. The van der Waals surface area contributed by atoms with Crippen LogP contribution in [0, 0.1) is 0 Å². The fourth-order valence-electron chi connectivity index (χ4n) is 4.45. The van der Waals surface area contributed by atoms with E-state index >= 15 is 0 Å². The van der Waals surface area contributed by atoms with Crippen LogP contribution in [0.5, 0.6) is 0 Å². The van der Waals surface area contributed by atoms with Gasteiger partial charge < -0.3 is 0 Å². The molecular weight excluding hydrogens is 302 g/mol. The summed E-state index contributed by atoms with van der Waals surface area (Å²) in [4.78, 5) is 0. The molecule has 0 nitrogen and oxygen atoms in total. The third-order valence-corrected chi connectivity index (χ3v) is 13.0. The van der Waals surface area contributed by atoms with Crippen molar-refractivity contribution < 1.29 is 0 Å². The molecule has 132 valence electrons. The van der Waals surface area contributed by atoms with Gasteiger partial charge in [0.1, 0.15) is 0 Å². The summed E-state index contributed by atoms with van der Waals surface area (Å²) in [5.74, 6) is 0. The fraction of sp³-hybridized carbons (Fsp3) is 1.00. The van der Waals surface area contributed by atoms with Crippen LogP contribution < -0.4 is 0 Å². The standard InChI is InChI=1S/C20H42P2/c1-3-7-11-15-19(16-12-8-4-1)21-22-20-17-13-9-5-2-6-10-14-18-20/h19-21H,1-18H2,22H3. The van der Waals surface area contributed by atoms with E-state index < -0.39 is 0 Å². The molecule has 0 spiro atoms. The number of rotatable bonds is 3. The van der Waals surface area contributed by atoms with E-state index in [2.05, 4.69) is 0 Å². The summed E-state index contributed by atoms with van der Waals surface area (Å²) in [7, 11) is 1.67. The van der Waals surface area contributed by atoms with Crippen molar-refractivity contribution in [2.45, 2.75) is 127 Å². The SMILES string of the molecule is C1CCCCC(P[PH3]C2CCCCCCCCC2)CCCC1. The molecule has 2 rings (SSSR count). The molecule has 22 heavy (non-hydrogen) atoms. The second-order valence-corrected chi connectivity index (χ2v) is 13.3. The summed E-state index contributed by atoms with van der Waals surface area (Å²) >= 11 is 0. The molecule has 1 atom stereocenters. The van der Waals surface area contributed by atoms with Gasteiger partial charge in [-0.25, -0.2) is 0 Å². The van der Waals surface area contributed by atoms with Gasteiger partial charge >= 0.3 is 143 Å². The van der Waals surface area contributed by atoms with Gasteiger partial charge in [0.25, 0.3) is 0 Å². The molecule has 0 saturated heterocycles. The molecule has 0 aromatic carbocycles. The first-order chi connectivity index (χ1) is 10.9. The second kappa shape index (κ2) is 13.2. The van der Waals surface area contributed by atoms with Gasteiger partial charge in [0.05, 0.1) is 0 Å². The fourth-order valence-corrected chi connectivity index (χ4v) is 11.4. The molecule has 2 saturated carbocycles. The van der Waals surface area contributed by atoms with E-state index in [-0.39, 0.29) is 8.27 Å². The molecule has 0 aromatic rings. The molecule has 0 heterocycles. The molecule has 2 aliphatic carbocycles. The van der Waals surface area contributed by atoms with E-state index in [0.29, 0.717) is 0 Å². The zero-order chi connectivity index (χ0) is 15.3. The minimum atomic E-state index is 0.237. The van der Waals surface area contributed by atoms with Crippen molar-refractivity contribution in [2.24, 2.45) is 0 Å². The average molecular weight is 345 g/mol. The second-order valence-electron chi connectivity index (χ2n) is 8.08. The maximum absolute atomic E-state index is 1.62. The number of hydrogen-bond donors (Lipinski definition) is 0. The van der Waals surface area contributed by atoms with E-state index in [0.717, 1.165) is 0 Å². The van der Waals surface area contributed by atoms with E-state index in [1.165, 1.54) is 83.8 Å². The molecule has 0 aromatic heterocycles. The molecular formula is C20H42P2. The van der Waals surface area contributed by atoms with Gasteiger partial charge in [-0.1, -0.05) is 0 Å². The topological polar surface area (TPSA) is 0 Å². The van der Waals surface area contributed by atoms with Crippen LogP contribution in [0.25, 0.3) is 0 Å². The van der Waals surface area contributed by atoms with Gasteiger partial charge in [-0.15, -0.1) is 0 Å². The van der Waals surface area contributed by atoms with Crippen molar-refractivity contribution in [3.8, 4) is 0 Å². The molecule has 0 radical (unpaired) electrons. The van der Waals surface area contributed by atoms with Crippen LogP contribution in [0.4, 0.5) is 0 Å². The van der Waals surface area contributed by atoms with Gasteiger partial charge in [-0.3, -0.25) is 0 Å². The molecule has 2 heteroatoms. The third-order valence-electron chi connectivity index (χ3n) is 6.03. The van der Waals surface area contributed by atoms with Gasteiger partial charge in [0.15, 0.2) is 0 Å². The van der Waals surface area contributed by atoms with Crippen molar-refractivity contribution in [1.29, 1.82) is 0 Å². The normalized spacial score (nSPS) is 26.4. The third kappa shape index (κ3) is 9.23. The van der Waals surface area contributed by atoms with Gasteiger partial charge in [0.2, 0.25) is 0 Å². The monoisotopic (exact) mass is 344 g/mol. The summed E-state index contributed by atoms with van der Waals surface area (Å²) in [6, 6.07) is 0. The van der Waals surface area contributed by atoms with Crippen molar-refractivity contribution in [3.63, 3.8) is 0 Å². The van der Waals surface area contributed by atoms with Crippen molar-refractivity contribution in [1.82, 2.24) is 0 Å². The van der Waals surface area contributed by atoms with E-state index in [4.69, 9.17) is 0 Å². The molecule has 0 aliphatic heterocycles. The van der Waals surface area contributed by atoms with Crippen LogP contribution in [-0.2, 0) is 0 Å². The molecule has 2 aliphatic rings. The first kappa shape index (κ1) is 19.2. The van der Waals surface area contributed by atoms with Crippen molar-refractivity contribution in [2.75, 3.05) is 0 Å². The summed E-state index contributed by atoms with van der Waals surface area (Å²) < 4.78 is 0. The predicted octanol–water partition coefficient (Wildman–Crippen LogP) is 7.51. The van der Waals surface area contributed by atoms with E-state index in [1.54, 1.807) is 51.4 Å². The Bertz CT molecular complexity index is 208. The van der Waals surface area contributed by atoms with Gasteiger partial charge in [0, 0.05) is 0 Å². The summed E-state index contributed by atoms with van der Waals surface area (Å²) in [5, 5.41) is 0. The van der Waals surface area contributed by atoms with Crippen LogP contribution in [0.1, 0.15) is 116 Å². The predicted molar refractivity (Wildman–Crippen MR) is 110 cm³/mol. The molecule has 0 amide bonds. The summed E-state index contributed by atoms with van der Waals surface area (Å²) in [5.41, 5.74) is 2.40. The molecule has 0 bridgehead atoms. The van der Waals surface area contributed by atoms with Crippen LogP contribution >= 0.6 is 16.5 Å². The average Bonchev–Trinajstić information content (AvgIpc) is 2.56. The number of hydrogen-bond acceptors (Lipinski definition) is 0. The van der Waals surface area contributed by atoms with E-state index in [1.807, 2.05) is 0 Å². The quantitative estimate of drug-likeness (QED) is 0.465. The van der Waals surface area contributed by atoms with Crippen LogP contribution in [0.15, 0.2) is 0 Å². The molecule has 0 N–H and O–H groups in total. The van der Waals surface area contributed by atoms with Crippen LogP contribution in [0.3, 0.4) is 0 Å². The van der Waals surface area contributed by atoms with Crippen LogP contribution in [-0.4, -0.2) is 11.3 Å². The molecule has 1 unspecified atom stereocenters. The zero-order valence-corrected chi connectivity index (χ0v) is 17.5. The Morgan fingerprint density at radius 1 is 0.455 bits per heavy atom. The van der Waals surface area contributed by atoms with Gasteiger partial charge in [-0.05, 0) is 0 Å². The Balaban J connectivity index is 1.67. The van der Waals surface area contributed by atoms with Crippen molar-refractivity contribution >= 4 is 16.5 Å². The summed E-state index contributed by atoms with van der Waals surface area (Å²) in [6.07, 6.45) is 27.9. The summed E-state index contributed by atoms with van der Waals surface area (Å²) in [6.45, 7) is 0. The first-order valence-corrected chi connectivity index (χ1v) is 14.9. The Hall–Kier alpha value is 0.860. The maximum atomic E-state index is 1.62. The Labute approximate surface area is 143 Å². The Morgan fingerprint density at radius 2 is 0.818 bits per heavy atom. The first-order valence-electron chi connectivity index (χ1n) is 10.7.